The first-order chi connectivity index (χ1) is 16.7. The zero-order valence-corrected chi connectivity index (χ0v) is 19.2. The first-order valence-corrected chi connectivity index (χ1v) is 11.7. The van der Waals surface area contributed by atoms with E-state index >= 15 is 0 Å². The Morgan fingerprint density at radius 3 is 2.65 bits per heavy atom. The third-order valence-electron chi connectivity index (χ3n) is 6.20. The number of nitrogens with zero attached hydrogens (tertiary/aromatic N) is 4. The molecule has 2 N–H and O–H groups in total. The van der Waals surface area contributed by atoms with Crippen LogP contribution in [0.2, 0.25) is 0 Å². The van der Waals surface area contributed by atoms with Gasteiger partial charge in [-0.2, -0.15) is 0 Å². The van der Waals surface area contributed by atoms with Gasteiger partial charge in [-0.3, -0.25) is 4.98 Å². The molecule has 1 aliphatic heterocycles. The van der Waals surface area contributed by atoms with E-state index in [0.29, 0.717) is 18.3 Å². The number of fused-ring (bicyclic) bond motifs is 1. The molecule has 1 saturated heterocycles. The van der Waals surface area contributed by atoms with Gasteiger partial charge in [0.05, 0.1) is 5.52 Å². The molecule has 0 bridgehead atoms. The van der Waals surface area contributed by atoms with Gasteiger partial charge in [0, 0.05) is 48.7 Å². The lowest BCUT2D eigenvalue weighted by Crippen LogP contribution is -2.42. The summed E-state index contributed by atoms with van der Waals surface area (Å²) < 4.78 is 0. The standard InChI is InChI=1S/C27H28N6O/c1-19-8-10-22(11-9-19)30-27(34)29-17-20-5-4-16-33(18-20)26-23-6-2-3-7-24(23)31-25(32-26)21-12-14-28-15-13-21/h2-3,6-15,20H,4-5,16-18H2,1H3,(H2,29,30,34). The molecule has 4 aromatic rings. The number of hydrogen-bond donors (Lipinski definition) is 2. The van der Waals surface area contributed by atoms with Crippen LogP contribution in [0.4, 0.5) is 16.3 Å². The molecule has 1 aliphatic rings. The molecule has 1 unspecified atom stereocenters. The van der Waals surface area contributed by atoms with Gasteiger partial charge in [-0.05, 0) is 62.1 Å². The third kappa shape index (κ3) is 4.98. The number of anilines is 2. The number of amides is 2. The maximum Gasteiger partial charge on any atom is 0.319 e. The Balaban J connectivity index is 1.31. The Bertz CT molecular complexity index is 1280. The van der Waals surface area contributed by atoms with Crippen molar-refractivity contribution >= 4 is 28.4 Å². The van der Waals surface area contributed by atoms with E-state index in [9.17, 15) is 4.79 Å². The van der Waals surface area contributed by atoms with Gasteiger partial charge >= 0.3 is 6.03 Å². The Kier molecular flexibility index (Phi) is 6.33. The van der Waals surface area contributed by atoms with Crippen molar-refractivity contribution in [1.82, 2.24) is 20.3 Å². The van der Waals surface area contributed by atoms with Crippen LogP contribution in [0.1, 0.15) is 18.4 Å². The zero-order valence-electron chi connectivity index (χ0n) is 19.2. The van der Waals surface area contributed by atoms with Crippen molar-refractivity contribution in [1.29, 1.82) is 0 Å². The molecule has 2 aromatic carbocycles. The van der Waals surface area contributed by atoms with Gasteiger partial charge in [-0.25, -0.2) is 14.8 Å². The molecule has 34 heavy (non-hydrogen) atoms. The Morgan fingerprint density at radius 1 is 1.03 bits per heavy atom. The molecule has 0 saturated carbocycles. The summed E-state index contributed by atoms with van der Waals surface area (Å²) >= 11 is 0. The Morgan fingerprint density at radius 2 is 1.82 bits per heavy atom. The van der Waals surface area contributed by atoms with E-state index in [2.05, 4.69) is 26.6 Å². The van der Waals surface area contributed by atoms with E-state index in [1.54, 1.807) is 12.4 Å². The second kappa shape index (κ2) is 9.87. The van der Waals surface area contributed by atoms with Crippen molar-refractivity contribution in [3.05, 3.63) is 78.6 Å². The van der Waals surface area contributed by atoms with Crippen LogP contribution in [0, 0.1) is 12.8 Å². The molecule has 5 rings (SSSR count). The number of pyridine rings is 1. The molecule has 3 heterocycles. The summed E-state index contributed by atoms with van der Waals surface area (Å²) in [6.07, 6.45) is 5.64. The van der Waals surface area contributed by atoms with Crippen molar-refractivity contribution in [2.45, 2.75) is 19.8 Å². The molecule has 7 heteroatoms. The van der Waals surface area contributed by atoms with Crippen LogP contribution in [0.15, 0.2) is 73.1 Å². The minimum Gasteiger partial charge on any atom is -0.356 e. The van der Waals surface area contributed by atoms with Crippen molar-refractivity contribution in [2.24, 2.45) is 5.92 Å². The SMILES string of the molecule is Cc1ccc(NC(=O)NCC2CCCN(c3nc(-c4ccncc4)nc4ccccc34)C2)cc1. The number of urea groups is 1. The van der Waals surface area contributed by atoms with Gasteiger partial charge in [-0.15, -0.1) is 0 Å². The van der Waals surface area contributed by atoms with Crippen LogP contribution < -0.4 is 15.5 Å². The van der Waals surface area contributed by atoms with Crippen LogP contribution in [-0.4, -0.2) is 40.6 Å². The smallest absolute Gasteiger partial charge is 0.319 e. The maximum absolute atomic E-state index is 12.4. The summed E-state index contributed by atoms with van der Waals surface area (Å²) in [5.74, 6) is 2.00. The maximum atomic E-state index is 12.4. The number of nitrogens with one attached hydrogen (secondary N) is 2. The van der Waals surface area contributed by atoms with Crippen LogP contribution in [0.5, 0.6) is 0 Å². The lowest BCUT2D eigenvalue weighted by molar-refractivity contribution is 0.249. The van der Waals surface area contributed by atoms with Crippen molar-refractivity contribution in [3.63, 3.8) is 0 Å². The predicted molar refractivity (Wildman–Crippen MR) is 136 cm³/mol. The highest BCUT2D eigenvalue weighted by atomic mass is 16.2. The minimum atomic E-state index is -0.173. The third-order valence-corrected chi connectivity index (χ3v) is 6.20. The molecule has 172 valence electrons. The van der Waals surface area contributed by atoms with Crippen molar-refractivity contribution in [2.75, 3.05) is 29.9 Å². The highest BCUT2D eigenvalue weighted by Crippen LogP contribution is 2.30. The van der Waals surface area contributed by atoms with E-state index in [4.69, 9.17) is 9.97 Å². The van der Waals surface area contributed by atoms with E-state index in [0.717, 1.165) is 59.5 Å². The Labute approximate surface area is 199 Å². The predicted octanol–water partition coefficient (Wildman–Crippen LogP) is 5.04. The number of piperidine rings is 1. The molecule has 0 spiro atoms. The number of aryl methyl sites for hydroxylation is 1. The van der Waals surface area contributed by atoms with Crippen LogP contribution >= 0.6 is 0 Å². The largest absolute Gasteiger partial charge is 0.356 e. The summed E-state index contributed by atoms with van der Waals surface area (Å²) in [5, 5.41) is 7.00. The molecular formula is C27H28N6O. The first-order valence-electron chi connectivity index (χ1n) is 11.7. The van der Waals surface area contributed by atoms with Gasteiger partial charge in [0.1, 0.15) is 5.82 Å². The zero-order chi connectivity index (χ0) is 23.3. The van der Waals surface area contributed by atoms with Gasteiger partial charge in [0.25, 0.3) is 0 Å². The van der Waals surface area contributed by atoms with E-state index < -0.39 is 0 Å². The fourth-order valence-electron chi connectivity index (χ4n) is 4.40. The summed E-state index contributed by atoms with van der Waals surface area (Å²) in [7, 11) is 0. The molecule has 7 nitrogen and oxygen atoms in total. The topological polar surface area (TPSA) is 83.0 Å². The molecule has 0 radical (unpaired) electrons. The normalized spacial score (nSPS) is 15.8. The highest BCUT2D eigenvalue weighted by molar-refractivity contribution is 5.91. The number of benzene rings is 2. The number of rotatable bonds is 5. The van der Waals surface area contributed by atoms with Crippen molar-refractivity contribution < 1.29 is 4.79 Å². The van der Waals surface area contributed by atoms with Gasteiger partial charge in [0.15, 0.2) is 5.82 Å². The molecule has 1 atom stereocenters. The number of aromatic nitrogens is 3. The van der Waals surface area contributed by atoms with Crippen LogP contribution in [0.25, 0.3) is 22.3 Å². The van der Waals surface area contributed by atoms with Gasteiger partial charge in [0.2, 0.25) is 0 Å². The average molecular weight is 453 g/mol. The van der Waals surface area contributed by atoms with E-state index in [-0.39, 0.29) is 6.03 Å². The monoisotopic (exact) mass is 452 g/mol. The second-order valence-electron chi connectivity index (χ2n) is 8.78. The summed E-state index contributed by atoms with van der Waals surface area (Å²) in [4.78, 5) is 28.6. The quantitative estimate of drug-likeness (QED) is 0.443. The minimum absolute atomic E-state index is 0.173. The second-order valence-corrected chi connectivity index (χ2v) is 8.78. The molecular weight excluding hydrogens is 424 g/mol. The van der Waals surface area contributed by atoms with Crippen LogP contribution in [0.3, 0.4) is 0 Å². The molecule has 1 fully saturated rings. The fraction of sp³-hybridized carbons (Fsp3) is 0.259. The lowest BCUT2D eigenvalue weighted by atomic mass is 9.97. The Hall–Kier alpha value is -4.00. The fourth-order valence-corrected chi connectivity index (χ4v) is 4.40. The number of para-hydroxylation sites is 1. The number of carbonyl (C=O) groups is 1. The summed E-state index contributed by atoms with van der Waals surface area (Å²) in [5.41, 5.74) is 3.84. The van der Waals surface area contributed by atoms with Gasteiger partial charge < -0.3 is 15.5 Å². The number of carbonyl (C=O) groups excluding carboxylic acids is 1. The summed E-state index contributed by atoms with van der Waals surface area (Å²) in [6, 6.07) is 19.6. The van der Waals surface area contributed by atoms with Gasteiger partial charge in [-0.1, -0.05) is 29.8 Å². The molecule has 0 aliphatic carbocycles. The first kappa shape index (κ1) is 21.8. The van der Waals surface area contributed by atoms with Crippen molar-refractivity contribution in [3.8, 4) is 11.4 Å². The van der Waals surface area contributed by atoms with E-state index in [1.807, 2.05) is 61.5 Å². The van der Waals surface area contributed by atoms with E-state index in [1.165, 1.54) is 0 Å². The summed E-state index contributed by atoms with van der Waals surface area (Å²) in [6.45, 7) is 4.42. The molecule has 2 aromatic heterocycles. The molecule has 2 amide bonds. The van der Waals surface area contributed by atoms with Crippen LogP contribution in [-0.2, 0) is 0 Å². The average Bonchev–Trinajstić information content (AvgIpc) is 2.89. The lowest BCUT2D eigenvalue weighted by Gasteiger charge is -2.34. The highest BCUT2D eigenvalue weighted by Gasteiger charge is 2.24. The number of hydrogen-bond acceptors (Lipinski definition) is 5.